The van der Waals surface area contributed by atoms with Crippen molar-refractivity contribution in [3.05, 3.63) is 107 Å². The molecule has 0 atom stereocenters. The minimum atomic E-state index is -0.210. The first-order valence-corrected chi connectivity index (χ1v) is 12.8. The first-order valence-electron chi connectivity index (χ1n) is 12.8. The Morgan fingerprint density at radius 3 is 2.24 bits per heavy atom. The predicted octanol–water partition coefficient (Wildman–Crippen LogP) is 5.02. The number of anilines is 2. The Balaban J connectivity index is 1.21. The van der Waals surface area contributed by atoms with Gasteiger partial charge in [0.1, 0.15) is 5.69 Å². The van der Waals surface area contributed by atoms with E-state index in [1.165, 1.54) is 5.56 Å². The number of hydrogen-bond acceptors (Lipinski definition) is 4. The lowest BCUT2D eigenvalue weighted by Crippen LogP contribution is -2.37. The van der Waals surface area contributed by atoms with Crippen LogP contribution < -0.4 is 15.5 Å². The molecule has 1 aromatic heterocycles. The molecular weight excluding hydrogens is 476 g/mol. The Morgan fingerprint density at radius 2 is 1.53 bits per heavy atom. The van der Waals surface area contributed by atoms with Crippen molar-refractivity contribution in [3.63, 3.8) is 0 Å². The van der Waals surface area contributed by atoms with E-state index in [1.807, 2.05) is 36.4 Å². The second-order valence-corrected chi connectivity index (χ2v) is 9.54. The highest BCUT2D eigenvalue weighted by Crippen LogP contribution is 2.24. The number of morpholine rings is 1. The summed E-state index contributed by atoms with van der Waals surface area (Å²) in [6.07, 6.45) is 1.75. The average molecular weight is 509 g/mol. The van der Waals surface area contributed by atoms with E-state index in [4.69, 9.17) is 4.74 Å². The number of hydrogen-bond donors (Lipinski definition) is 2. The number of rotatable bonds is 7. The first-order chi connectivity index (χ1) is 18.5. The van der Waals surface area contributed by atoms with E-state index >= 15 is 0 Å². The molecule has 0 bridgehead atoms. The van der Waals surface area contributed by atoms with Crippen LogP contribution in [0.2, 0.25) is 0 Å². The Labute approximate surface area is 223 Å². The van der Waals surface area contributed by atoms with Gasteiger partial charge in [0.2, 0.25) is 0 Å². The van der Waals surface area contributed by atoms with Crippen LogP contribution in [0.3, 0.4) is 0 Å². The van der Waals surface area contributed by atoms with Gasteiger partial charge < -0.3 is 24.8 Å². The van der Waals surface area contributed by atoms with E-state index < -0.39 is 0 Å². The Kier molecular flexibility index (Phi) is 7.56. The van der Waals surface area contributed by atoms with Crippen LogP contribution in [-0.2, 0) is 18.3 Å². The van der Waals surface area contributed by atoms with E-state index in [0.29, 0.717) is 36.7 Å². The highest BCUT2D eigenvalue weighted by Gasteiger charge is 2.20. The summed E-state index contributed by atoms with van der Waals surface area (Å²) in [4.78, 5) is 28.2. The van der Waals surface area contributed by atoms with Crippen molar-refractivity contribution in [2.45, 2.75) is 13.5 Å². The van der Waals surface area contributed by atoms with Gasteiger partial charge in [-0.1, -0.05) is 66.2 Å². The maximum Gasteiger partial charge on any atom is 0.268 e. The number of carbonyl (C=O) groups excluding carboxylic acids is 2. The van der Waals surface area contributed by atoms with E-state index in [0.717, 1.165) is 35.5 Å². The van der Waals surface area contributed by atoms with Gasteiger partial charge in [-0.15, -0.1) is 0 Å². The lowest BCUT2D eigenvalue weighted by Gasteiger charge is -2.30. The number of para-hydroxylation sites is 1. The molecule has 7 nitrogen and oxygen atoms in total. The summed E-state index contributed by atoms with van der Waals surface area (Å²) >= 11 is 0. The van der Waals surface area contributed by atoms with Crippen LogP contribution in [-0.4, -0.2) is 42.7 Å². The number of ether oxygens (including phenoxy) is 1. The van der Waals surface area contributed by atoms with Gasteiger partial charge in [-0.2, -0.15) is 0 Å². The molecule has 3 aromatic carbocycles. The van der Waals surface area contributed by atoms with Crippen molar-refractivity contribution in [2.75, 3.05) is 36.5 Å². The lowest BCUT2D eigenvalue weighted by molar-refractivity contribution is 0.0942. The summed E-state index contributed by atoms with van der Waals surface area (Å²) in [5, 5.41) is 5.94. The Bertz CT molecular complexity index is 1420. The summed E-state index contributed by atoms with van der Waals surface area (Å²) in [7, 11) is 1.79. The fraction of sp³-hybridized carbons (Fsp3) is 0.226. The highest BCUT2D eigenvalue weighted by atomic mass is 16.5. The molecular formula is C31H32N4O3. The van der Waals surface area contributed by atoms with Gasteiger partial charge in [-0.05, 0) is 41.8 Å². The molecule has 2 amide bonds. The van der Waals surface area contributed by atoms with Gasteiger partial charge in [0.25, 0.3) is 11.8 Å². The van der Waals surface area contributed by atoms with E-state index in [9.17, 15) is 9.59 Å². The minimum Gasteiger partial charge on any atom is -0.378 e. The summed E-state index contributed by atoms with van der Waals surface area (Å²) in [5.41, 5.74) is 7.06. The van der Waals surface area contributed by atoms with Crippen molar-refractivity contribution in [1.82, 2.24) is 9.88 Å². The molecule has 0 saturated carbocycles. The zero-order valence-corrected chi connectivity index (χ0v) is 21.7. The number of benzene rings is 3. The molecule has 1 saturated heterocycles. The van der Waals surface area contributed by atoms with Crippen LogP contribution in [0.15, 0.2) is 85.1 Å². The van der Waals surface area contributed by atoms with Crippen LogP contribution in [0.5, 0.6) is 0 Å². The largest absolute Gasteiger partial charge is 0.378 e. The number of aryl methyl sites for hydroxylation is 2. The van der Waals surface area contributed by atoms with Gasteiger partial charge >= 0.3 is 0 Å². The molecule has 0 spiro atoms. The third-order valence-electron chi connectivity index (χ3n) is 6.79. The maximum atomic E-state index is 13.1. The standard InChI is InChI=1S/C31H32N4O3/c1-22-7-11-24(12-8-22)25-13-9-23(10-14-25)20-32-31(37)29-19-26(21-34(29)2)33-30(36)27-5-3-4-6-28(27)35-15-17-38-18-16-35/h3-14,19,21H,15-18,20H2,1-2H3,(H,32,37)(H,33,36). The molecule has 0 radical (unpaired) electrons. The van der Waals surface area contributed by atoms with Crippen LogP contribution in [0.4, 0.5) is 11.4 Å². The summed E-state index contributed by atoms with van der Waals surface area (Å²) < 4.78 is 7.17. The zero-order chi connectivity index (χ0) is 26.5. The van der Waals surface area contributed by atoms with Gasteiger partial charge in [0, 0.05) is 38.6 Å². The summed E-state index contributed by atoms with van der Waals surface area (Å²) in [6, 6.07) is 25.9. The Morgan fingerprint density at radius 1 is 0.868 bits per heavy atom. The summed E-state index contributed by atoms with van der Waals surface area (Å²) in [6.45, 7) is 5.26. The van der Waals surface area contributed by atoms with Crippen molar-refractivity contribution in [2.24, 2.45) is 7.05 Å². The molecule has 5 rings (SSSR count). The molecule has 194 valence electrons. The minimum absolute atomic E-state index is 0.204. The van der Waals surface area contributed by atoms with Crippen LogP contribution in [0, 0.1) is 6.92 Å². The van der Waals surface area contributed by atoms with E-state index in [2.05, 4.69) is 58.9 Å². The molecule has 1 aliphatic heterocycles. The molecule has 7 heteroatoms. The van der Waals surface area contributed by atoms with E-state index in [-0.39, 0.29) is 11.8 Å². The van der Waals surface area contributed by atoms with Crippen molar-refractivity contribution in [1.29, 1.82) is 0 Å². The van der Waals surface area contributed by atoms with Crippen LogP contribution in [0.1, 0.15) is 32.0 Å². The van der Waals surface area contributed by atoms with Crippen LogP contribution >= 0.6 is 0 Å². The Hall–Kier alpha value is -4.36. The molecule has 1 fully saturated rings. The quantitative estimate of drug-likeness (QED) is 0.368. The normalized spacial score (nSPS) is 13.3. The fourth-order valence-electron chi connectivity index (χ4n) is 4.64. The van der Waals surface area contributed by atoms with Gasteiger partial charge in [-0.25, -0.2) is 0 Å². The van der Waals surface area contributed by atoms with Gasteiger partial charge in [0.05, 0.1) is 24.5 Å². The molecule has 2 N–H and O–H groups in total. The maximum absolute atomic E-state index is 13.1. The number of amides is 2. The molecule has 0 aliphatic carbocycles. The number of carbonyl (C=O) groups is 2. The third-order valence-corrected chi connectivity index (χ3v) is 6.79. The molecule has 1 aliphatic rings. The average Bonchev–Trinajstić information content (AvgIpc) is 3.32. The van der Waals surface area contributed by atoms with Gasteiger partial charge in [-0.3, -0.25) is 9.59 Å². The summed E-state index contributed by atoms with van der Waals surface area (Å²) in [5.74, 6) is -0.414. The molecule has 0 unspecified atom stereocenters. The second kappa shape index (κ2) is 11.4. The molecule has 38 heavy (non-hydrogen) atoms. The predicted molar refractivity (Wildman–Crippen MR) is 151 cm³/mol. The first kappa shape index (κ1) is 25.3. The number of nitrogens with one attached hydrogen (secondary N) is 2. The number of aromatic nitrogens is 1. The molecule has 2 heterocycles. The lowest BCUT2D eigenvalue weighted by atomic mass is 10.0. The van der Waals surface area contributed by atoms with Crippen molar-refractivity contribution >= 4 is 23.2 Å². The molecule has 4 aromatic rings. The SMILES string of the molecule is Cc1ccc(-c2ccc(CNC(=O)c3cc(NC(=O)c4ccccc4N4CCOCC4)cn3C)cc2)cc1. The van der Waals surface area contributed by atoms with Crippen molar-refractivity contribution in [3.8, 4) is 11.1 Å². The van der Waals surface area contributed by atoms with Gasteiger partial charge in [0.15, 0.2) is 0 Å². The van der Waals surface area contributed by atoms with E-state index in [1.54, 1.807) is 23.9 Å². The topological polar surface area (TPSA) is 75.6 Å². The zero-order valence-electron chi connectivity index (χ0n) is 21.7. The fourth-order valence-corrected chi connectivity index (χ4v) is 4.64. The monoisotopic (exact) mass is 508 g/mol. The van der Waals surface area contributed by atoms with Crippen molar-refractivity contribution < 1.29 is 14.3 Å². The smallest absolute Gasteiger partial charge is 0.268 e. The number of nitrogens with zero attached hydrogens (tertiary/aromatic N) is 2. The second-order valence-electron chi connectivity index (χ2n) is 9.54. The highest BCUT2D eigenvalue weighted by molar-refractivity contribution is 6.08. The van der Waals surface area contributed by atoms with Crippen LogP contribution in [0.25, 0.3) is 11.1 Å². The third kappa shape index (κ3) is 5.79.